The van der Waals surface area contributed by atoms with Gasteiger partial charge in [-0.15, -0.1) is 0 Å². The molecule has 100 valence electrons. The number of aryl methyl sites for hydroxylation is 1. The third-order valence-electron chi connectivity index (χ3n) is 2.50. The van der Waals surface area contributed by atoms with Crippen LogP contribution in [0.3, 0.4) is 0 Å². The van der Waals surface area contributed by atoms with Crippen LogP contribution in [-0.4, -0.2) is 33.7 Å². The van der Waals surface area contributed by atoms with Crippen LogP contribution in [0.1, 0.15) is 33.5 Å². The molecule has 2 rings (SSSR count). The van der Waals surface area contributed by atoms with E-state index in [9.17, 15) is 9.59 Å². The van der Waals surface area contributed by atoms with Crippen molar-refractivity contribution in [3.05, 3.63) is 35.3 Å². The van der Waals surface area contributed by atoms with E-state index in [0.717, 1.165) is 0 Å². The summed E-state index contributed by atoms with van der Waals surface area (Å²) in [7, 11) is 0. The molecule has 0 aliphatic carbocycles. The molecule has 7 nitrogen and oxygen atoms in total. The number of anilines is 1. The van der Waals surface area contributed by atoms with Gasteiger partial charge in [0.15, 0.2) is 5.82 Å². The van der Waals surface area contributed by atoms with Crippen LogP contribution in [0.5, 0.6) is 0 Å². The largest absolute Gasteiger partial charge is 0.462 e. The number of amides is 1. The van der Waals surface area contributed by atoms with Crippen molar-refractivity contribution in [3.8, 4) is 0 Å². The average molecular weight is 262 g/mol. The van der Waals surface area contributed by atoms with Crippen molar-refractivity contribution < 1.29 is 14.3 Å². The maximum Gasteiger partial charge on any atom is 0.343 e. The fraction of sp³-hybridized carbons (Fsp3) is 0.250. The minimum atomic E-state index is -0.518. The molecule has 0 saturated carbocycles. The first-order valence-corrected chi connectivity index (χ1v) is 5.80. The van der Waals surface area contributed by atoms with Crippen LogP contribution in [0.2, 0.25) is 0 Å². The first-order chi connectivity index (χ1) is 9.13. The summed E-state index contributed by atoms with van der Waals surface area (Å²) in [6.45, 7) is 3.65. The molecular formula is C12H14N4O3. The van der Waals surface area contributed by atoms with E-state index in [1.54, 1.807) is 32.2 Å². The van der Waals surface area contributed by atoms with Gasteiger partial charge in [0, 0.05) is 11.9 Å². The van der Waals surface area contributed by atoms with Crippen LogP contribution in [0, 0.1) is 6.92 Å². The predicted molar refractivity (Wildman–Crippen MR) is 68.0 cm³/mol. The van der Waals surface area contributed by atoms with Gasteiger partial charge in [-0.2, -0.15) is 5.10 Å². The molecule has 19 heavy (non-hydrogen) atoms. The second kappa shape index (κ2) is 5.38. The molecule has 0 fully saturated rings. The number of aromatic nitrogens is 3. The Balaban J connectivity index is 2.21. The van der Waals surface area contributed by atoms with Gasteiger partial charge >= 0.3 is 5.97 Å². The normalized spacial score (nSPS) is 10.2. The molecule has 0 radical (unpaired) electrons. The fourth-order valence-electron chi connectivity index (χ4n) is 1.62. The summed E-state index contributed by atoms with van der Waals surface area (Å²) in [5, 5.41) is 9.11. The Labute approximate surface area is 109 Å². The van der Waals surface area contributed by atoms with Crippen molar-refractivity contribution in [2.75, 3.05) is 11.9 Å². The molecule has 0 aromatic carbocycles. The lowest BCUT2D eigenvalue weighted by Gasteiger charge is -2.04. The molecule has 0 atom stereocenters. The number of aromatic amines is 2. The number of nitrogens with zero attached hydrogens (tertiary/aromatic N) is 1. The second-order valence-electron chi connectivity index (χ2n) is 3.83. The Morgan fingerprint density at radius 2 is 2.26 bits per heavy atom. The topological polar surface area (TPSA) is 99.9 Å². The van der Waals surface area contributed by atoms with Gasteiger partial charge in [-0.1, -0.05) is 0 Å². The Morgan fingerprint density at radius 3 is 2.89 bits per heavy atom. The molecule has 0 bridgehead atoms. The quantitative estimate of drug-likeness (QED) is 0.726. The molecule has 3 N–H and O–H groups in total. The summed E-state index contributed by atoms with van der Waals surface area (Å²) >= 11 is 0. The van der Waals surface area contributed by atoms with Crippen LogP contribution < -0.4 is 5.32 Å². The van der Waals surface area contributed by atoms with Crippen LogP contribution in [-0.2, 0) is 4.74 Å². The van der Waals surface area contributed by atoms with Crippen molar-refractivity contribution in [1.29, 1.82) is 0 Å². The molecular weight excluding hydrogens is 248 g/mol. The minimum absolute atomic E-state index is 0.163. The van der Waals surface area contributed by atoms with Crippen molar-refractivity contribution in [1.82, 2.24) is 15.2 Å². The van der Waals surface area contributed by atoms with Crippen molar-refractivity contribution >= 4 is 17.7 Å². The summed E-state index contributed by atoms with van der Waals surface area (Å²) in [6, 6.07) is 3.33. The number of hydrogen-bond acceptors (Lipinski definition) is 4. The first-order valence-electron chi connectivity index (χ1n) is 5.80. The van der Waals surface area contributed by atoms with Crippen molar-refractivity contribution in [3.63, 3.8) is 0 Å². The third kappa shape index (κ3) is 2.65. The van der Waals surface area contributed by atoms with Gasteiger partial charge in [0.1, 0.15) is 11.3 Å². The third-order valence-corrected chi connectivity index (χ3v) is 2.50. The molecule has 7 heteroatoms. The Bertz CT molecular complexity index is 586. The van der Waals surface area contributed by atoms with E-state index in [2.05, 4.69) is 20.5 Å². The van der Waals surface area contributed by atoms with Crippen molar-refractivity contribution in [2.45, 2.75) is 13.8 Å². The Morgan fingerprint density at radius 1 is 1.47 bits per heavy atom. The lowest BCUT2D eigenvalue weighted by molar-refractivity contribution is 0.0527. The highest BCUT2D eigenvalue weighted by atomic mass is 16.5. The summed E-state index contributed by atoms with van der Waals surface area (Å²) in [4.78, 5) is 26.4. The number of esters is 1. The number of hydrogen-bond donors (Lipinski definition) is 3. The molecule has 1 amide bonds. The van der Waals surface area contributed by atoms with Gasteiger partial charge in [0.05, 0.1) is 6.61 Å². The predicted octanol–water partition coefficient (Wildman–Crippen LogP) is 1.48. The van der Waals surface area contributed by atoms with Gasteiger partial charge in [-0.25, -0.2) is 4.79 Å². The van der Waals surface area contributed by atoms with Gasteiger partial charge in [-0.05, 0) is 26.0 Å². The Kier molecular flexibility index (Phi) is 3.65. The smallest absolute Gasteiger partial charge is 0.343 e. The number of nitrogens with one attached hydrogen (secondary N) is 3. The SMILES string of the molecule is CCOC(=O)c1c(NC(=O)c2ccc[nH]2)n[nH]c1C. The van der Waals surface area contributed by atoms with Crippen molar-refractivity contribution in [2.24, 2.45) is 0 Å². The summed E-state index contributed by atoms with van der Waals surface area (Å²) in [5.74, 6) is -0.729. The molecule has 0 aliphatic heterocycles. The van der Waals surface area contributed by atoms with Crippen LogP contribution in [0.4, 0.5) is 5.82 Å². The number of H-pyrrole nitrogens is 2. The fourth-order valence-corrected chi connectivity index (χ4v) is 1.62. The van der Waals surface area contributed by atoms with E-state index in [1.165, 1.54) is 0 Å². The van der Waals surface area contributed by atoms with Crippen LogP contribution in [0.15, 0.2) is 18.3 Å². The summed E-state index contributed by atoms with van der Waals surface area (Å²) in [5.41, 5.74) is 1.16. The average Bonchev–Trinajstić information content (AvgIpc) is 2.99. The summed E-state index contributed by atoms with van der Waals surface area (Å²) < 4.78 is 4.92. The number of rotatable bonds is 4. The standard InChI is InChI=1S/C12H14N4O3/c1-3-19-12(18)9-7(2)15-16-10(9)14-11(17)8-5-4-6-13-8/h4-6,13H,3H2,1-2H3,(H2,14,15,16,17). The van der Waals surface area contributed by atoms with Gasteiger partial charge in [-0.3, -0.25) is 9.89 Å². The molecule has 2 aromatic heterocycles. The van der Waals surface area contributed by atoms with E-state index >= 15 is 0 Å². The number of ether oxygens (including phenoxy) is 1. The van der Waals surface area contributed by atoms with E-state index < -0.39 is 5.97 Å². The number of carbonyl (C=O) groups is 2. The molecule has 2 heterocycles. The van der Waals surface area contributed by atoms with E-state index in [0.29, 0.717) is 11.4 Å². The van der Waals surface area contributed by atoms with Gasteiger partial charge in [0.2, 0.25) is 0 Å². The molecule has 0 unspecified atom stereocenters. The maximum atomic E-state index is 11.9. The zero-order valence-corrected chi connectivity index (χ0v) is 10.6. The zero-order chi connectivity index (χ0) is 13.8. The van der Waals surface area contributed by atoms with E-state index in [4.69, 9.17) is 4.74 Å². The van der Waals surface area contributed by atoms with Crippen LogP contribution in [0.25, 0.3) is 0 Å². The highest BCUT2D eigenvalue weighted by Gasteiger charge is 2.21. The van der Waals surface area contributed by atoms with Gasteiger partial charge in [0.25, 0.3) is 5.91 Å². The molecule has 0 spiro atoms. The highest BCUT2D eigenvalue weighted by Crippen LogP contribution is 2.17. The lowest BCUT2D eigenvalue weighted by Crippen LogP contribution is -2.16. The second-order valence-corrected chi connectivity index (χ2v) is 3.83. The van der Waals surface area contributed by atoms with Gasteiger partial charge < -0.3 is 15.0 Å². The molecule has 0 saturated heterocycles. The van der Waals surface area contributed by atoms with E-state index in [-0.39, 0.29) is 23.9 Å². The first kappa shape index (κ1) is 12.9. The zero-order valence-electron chi connectivity index (χ0n) is 10.6. The summed E-state index contributed by atoms with van der Waals surface area (Å²) in [6.07, 6.45) is 1.64. The lowest BCUT2D eigenvalue weighted by atomic mass is 10.2. The van der Waals surface area contributed by atoms with E-state index in [1.807, 2.05) is 0 Å². The minimum Gasteiger partial charge on any atom is -0.462 e. The molecule has 0 aliphatic rings. The van der Waals surface area contributed by atoms with Crippen LogP contribution >= 0.6 is 0 Å². The maximum absolute atomic E-state index is 11.9. The monoisotopic (exact) mass is 262 g/mol. The Hall–Kier alpha value is -2.57. The number of carbonyl (C=O) groups excluding carboxylic acids is 2. The molecule has 2 aromatic rings. The highest BCUT2D eigenvalue weighted by molar-refractivity contribution is 6.06.